The topological polar surface area (TPSA) is 35.5 Å². The van der Waals surface area contributed by atoms with E-state index >= 15 is 0 Å². The Kier molecular flexibility index (Phi) is 6.64. The second kappa shape index (κ2) is 6.83. The van der Waals surface area contributed by atoms with Crippen molar-refractivity contribution in [3.05, 3.63) is 0 Å². The molecule has 0 heterocycles. The van der Waals surface area contributed by atoms with Gasteiger partial charge in [-0.3, -0.25) is 4.79 Å². The summed E-state index contributed by atoms with van der Waals surface area (Å²) in [5, 5.41) is 0. The van der Waals surface area contributed by atoms with E-state index < -0.39 is 0 Å². The molecule has 60 valence electrons. The zero-order valence-electron chi connectivity index (χ0n) is 5.93. The largest absolute Gasteiger partial charge is 0.463 e. The average molecular weight is 167 g/mol. The summed E-state index contributed by atoms with van der Waals surface area (Å²) in [6.45, 7) is 2.60. The summed E-state index contributed by atoms with van der Waals surface area (Å²) in [5.74, 6) is 0.189. The van der Waals surface area contributed by atoms with Gasteiger partial charge < -0.3 is 9.47 Å². The third-order valence-electron chi connectivity index (χ3n) is 0.754. The molecule has 0 atom stereocenters. The van der Waals surface area contributed by atoms with Gasteiger partial charge in [-0.25, -0.2) is 0 Å². The Morgan fingerprint density at radius 3 is 2.60 bits per heavy atom. The van der Waals surface area contributed by atoms with Crippen LogP contribution in [-0.4, -0.2) is 31.7 Å². The number of alkyl halides is 1. The molecular weight excluding hydrogens is 156 g/mol. The van der Waals surface area contributed by atoms with Gasteiger partial charge in [0.1, 0.15) is 6.61 Å². The van der Waals surface area contributed by atoms with Crippen LogP contribution in [0.4, 0.5) is 0 Å². The van der Waals surface area contributed by atoms with Gasteiger partial charge in [0.15, 0.2) is 0 Å². The van der Waals surface area contributed by atoms with Crippen molar-refractivity contribution in [2.45, 2.75) is 6.92 Å². The number of hydrogen-bond donors (Lipinski definition) is 0. The van der Waals surface area contributed by atoms with Crippen LogP contribution in [0.25, 0.3) is 0 Å². The molecule has 0 fully saturated rings. The average Bonchev–Trinajstić information content (AvgIpc) is 1.87. The van der Waals surface area contributed by atoms with Crippen LogP contribution < -0.4 is 0 Å². The highest BCUT2D eigenvalue weighted by atomic mass is 35.5. The monoisotopic (exact) mass is 166 g/mol. The minimum Gasteiger partial charge on any atom is -0.463 e. The van der Waals surface area contributed by atoms with Crippen molar-refractivity contribution < 1.29 is 14.3 Å². The predicted octanol–water partition coefficient (Wildman–Crippen LogP) is 0.805. The molecule has 0 aromatic rings. The second-order valence-electron chi connectivity index (χ2n) is 1.64. The molecule has 0 rings (SSSR count). The van der Waals surface area contributed by atoms with Gasteiger partial charge in [0.2, 0.25) is 0 Å². The molecule has 3 nitrogen and oxygen atoms in total. The predicted molar refractivity (Wildman–Crippen MR) is 38.2 cm³/mol. The van der Waals surface area contributed by atoms with Gasteiger partial charge in [0, 0.05) is 12.8 Å². The second-order valence-corrected chi connectivity index (χ2v) is 2.02. The molecular formula is C6H11ClO3. The van der Waals surface area contributed by atoms with Crippen molar-refractivity contribution in [1.82, 2.24) is 0 Å². The van der Waals surface area contributed by atoms with Gasteiger partial charge in [-0.1, -0.05) is 0 Å². The van der Waals surface area contributed by atoms with Crippen molar-refractivity contribution in [2.75, 3.05) is 25.7 Å². The van der Waals surface area contributed by atoms with Crippen molar-refractivity contribution >= 4 is 17.6 Å². The Bertz CT molecular complexity index is 95.0. The lowest BCUT2D eigenvalue weighted by Gasteiger charge is -2.01. The first-order valence-electron chi connectivity index (χ1n) is 3.04. The lowest BCUT2D eigenvalue weighted by Crippen LogP contribution is -2.08. The standard InChI is InChI=1S/C6H11ClO3/c1-6(8)10-5-4-9-3-2-7/h2-5H2,1H3. The lowest BCUT2D eigenvalue weighted by atomic mass is 10.7. The van der Waals surface area contributed by atoms with E-state index in [0.717, 1.165) is 0 Å². The third kappa shape index (κ3) is 7.72. The minimum atomic E-state index is -0.283. The van der Waals surface area contributed by atoms with E-state index in [2.05, 4.69) is 4.74 Å². The van der Waals surface area contributed by atoms with Crippen LogP contribution >= 0.6 is 11.6 Å². The zero-order chi connectivity index (χ0) is 7.82. The van der Waals surface area contributed by atoms with Gasteiger partial charge in [0.05, 0.1) is 13.2 Å². The molecule has 0 amide bonds. The van der Waals surface area contributed by atoms with E-state index in [-0.39, 0.29) is 5.97 Å². The first kappa shape index (κ1) is 9.72. The summed E-state index contributed by atoms with van der Waals surface area (Å²) < 4.78 is 9.51. The van der Waals surface area contributed by atoms with Crippen molar-refractivity contribution in [3.63, 3.8) is 0 Å². The molecule has 0 saturated heterocycles. The SMILES string of the molecule is CC(=O)OCCOCCCl. The highest BCUT2D eigenvalue weighted by molar-refractivity contribution is 6.17. The van der Waals surface area contributed by atoms with E-state index in [1.807, 2.05) is 0 Å². The molecule has 0 aromatic carbocycles. The molecule has 0 saturated carbocycles. The number of carbonyl (C=O) groups is 1. The Labute approximate surface area is 65.3 Å². The van der Waals surface area contributed by atoms with E-state index in [4.69, 9.17) is 16.3 Å². The zero-order valence-corrected chi connectivity index (χ0v) is 6.69. The smallest absolute Gasteiger partial charge is 0.302 e. The van der Waals surface area contributed by atoms with Crippen LogP contribution in [0.5, 0.6) is 0 Å². The van der Waals surface area contributed by atoms with Gasteiger partial charge in [-0.2, -0.15) is 0 Å². The highest BCUT2D eigenvalue weighted by Crippen LogP contribution is 1.81. The molecule has 4 heteroatoms. The molecule has 0 spiro atoms. The molecule has 0 aliphatic carbocycles. The summed E-state index contributed by atoms with van der Waals surface area (Å²) >= 11 is 5.31. The van der Waals surface area contributed by atoms with E-state index in [1.54, 1.807) is 0 Å². The molecule has 0 bridgehead atoms. The number of rotatable bonds is 5. The quantitative estimate of drug-likeness (QED) is 0.345. The first-order valence-corrected chi connectivity index (χ1v) is 3.58. The van der Waals surface area contributed by atoms with E-state index in [1.165, 1.54) is 6.92 Å². The van der Waals surface area contributed by atoms with Gasteiger partial charge in [0.25, 0.3) is 0 Å². The Morgan fingerprint density at radius 1 is 1.40 bits per heavy atom. The van der Waals surface area contributed by atoms with Crippen LogP contribution in [0.2, 0.25) is 0 Å². The van der Waals surface area contributed by atoms with Crippen LogP contribution in [0.3, 0.4) is 0 Å². The molecule has 0 unspecified atom stereocenters. The Morgan fingerprint density at radius 2 is 2.10 bits per heavy atom. The van der Waals surface area contributed by atoms with Gasteiger partial charge in [-0.05, 0) is 0 Å². The number of hydrogen-bond acceptors (Lipinski definition) is 3. The maximum absolute atomic E-state index is 10.2. The van der Waals surface area contributed by atoms with E-state index in [0.29, 0.717) is 25.7 Å². The molecule has 0 aliphatic heterocycles. The third-order valence-corrected chi connectivity index (χ3v) is 0.909. The lowest BCUT2D eigenvalue weighted by molar-refractivity contribution is -0.142. The fraction of sp³-hybridized carbons (Fsp3) is 0.833. The van der Waals surface area contributed by atoms with E-state index in [9.17, 15) is 4.79 Å². The van der Waals surface area contributed by atoms with Crippen LogP contribution in [0.1, 0.15) is 6.92 Å². The van der Waals surface area contributed by atoms with Crippen molar-refractivity contribution in [1.29, 1.82) is 0 Å². The minimum absolute atomic E-state index is 0.283. The van der Waals surface area contributed by atoms with Crippen LogP contribution in [0.15, 0.2) is 0 Å². The summed E-state index contributed by atoms with van der Waals surface area (Å²) in [7, 11) is 0. The van der Waals surface area contributed by atoms with Gasteiger partial charge in [-0.15, -0.1) is 11.6 Å². The summed E-state index contributed by atoms with van der Waals surface area (Å²) in [4.78, 5) is 10.2. The van der Waals surface area contributed by atoms with Crippen LogP contribution in [0, 0.1) is 0 Å². The molecule has 0 aliphatic rings. The first-order chi connectivity index (χ1) is 4.77. The van der Waals surface area contributed by atoms with Crippen molar-refractivity contribution in [3.8, 4) is 0 Å². The molecule has 0 N–H and O–H groups in total. The number of ether oxygens (including phenoxy) is 2. The van der Waals surface area contributed by atoms with Crippen molar-refractivity contribution in [2.24, 2.45) is 0 Å². The number of halogens is 1. The normalized spacial score (nSPS) is 9.40. The molecule has 10 heavy (non-hydrogen) atoms. The maximum Gasteiger partial charge on any atom is 0.302 e. The molecule has 0 aromatic heterocycles. The summed E-state index contributed by atoms with van der Waals surface area (Å²) in [6.07, 6.45) is 0. The summed E-state index contributed by atoms with van der Waals surface area (Å²) in [6, 6.07) is 0. The van der Waals surface area contributed by atoms with Crippen LogP contribution in [-0.2, 0) is 14.3 Å². The fourth-order valence-electron chi connectivity index (χ4n) is 0.401. The van der Waals surface area contributed by atoms with Gasteiger partial charge >= 0.3 is 5.97 Å². The number of carbonyl (C=O) groups excluding carboxylic acids is 1. The number of esters is 1. The maximum atomic E-state index is 10.2. The summed E-state index contributed by atoms with van der Waals surface area (Å²) in [5.41, 5.74) is 0. The Balaban J connectivity index is 2.84. The molecule has 0 radical (unpaired) electrons. The highest BCUT2D eigenvalue weighted by Gasteiger charge is 1.90. The fourth-order valence-corrected chi connectivity index (χ4v) is 0.510. The Hall–Kier alpha value is -0.280.